The van der Waals surface area contributed by atoms with Crippen LogP contribution in [-0.4, -0.2) is 15.2 Å². The van der Waals surface area contributed by atoms with E-state index < -0.39 is 0 Å². The Labute approximate surface area is 132 Å². The van der Waals surface area contributed by atoms with E-state index in [-0.39, 0.29) is 0 Å². The highest BCUT2D eigenvalue weighted by Gasteiger charge is 2.29. The Hall–Kier alpha value is -1.02. The molecule has 1 aliphatic carbocycles. The van der Waals surface area contributed by atoms with E-state index in [1.165, 1.54) is 35.9 Å². The number of fused-ring (bicyclic) bond motifs is 1. The molecule has 21 heavy (non-hydrogen) atoms. The predicted octanol–water partition coefficient (Wildman–Crippen LogP) is 5.03. The minimum absolute atomic E-state index is 0.318. The van der Waals surface area contributed by atoms with Gasteiger partial charge in [-0.1, -0.05) is 31.5 Å². The summed E-state index contributed by atoms with van der Waals surface area (Å²) < 4.78 is 2.12. The fourth-order valence-corrected chi connectivity index (χ4v) is 4.06. The van der Waals surface area contributed by atoms with E-state index >= 15 is 0 Å². The Morgan fingerprint density at radius 2 is 2.05 bits per heavy atom. The minimum atomic E-state index is 0.318. The van der Waals surface area contributed by atoms with Crippen LogP contribution in [0.15, 0.2) is 24.3 Å². The summed E-state index contributed by atoms with van der Waals surface area (Å²) in [6.07, 6.45) is 6.03. The van der Waals surface area contributed by atoms with Gasteiger partial charge >= 0.3 is 0 Å². The molecule has 0 bridgehead atoms. The van der Waals surface area contributed by atoms with E-state index in [1.807, 2.05) is 0 Å². The molecule has 0 radical (unpaired) electrons. The molecule has 114 valence electrons. The van der Waals surface area contributed by atoms with E-state index in [0.717, 1.165) is 25.3 Å². The lowest BCUT2D eigenvalue weighted by Crippen LogP contribution is -2.27. The van der Waals surface area contributed by atoms with Crippen molar-refractivity contribution in [2.45, 2.75) is 57.9 Å². The molecule has 0 N–H and O–H groups in total. The monoisotopic (exact) mass is 304 g/mol. The van der Waals surface area contributed by atoms with Gasteiger partial charge in [-0.3, -0.25) is 4.68 Å². The van der Waals surface area contributed by atoms with Crippen molar-refractivity contribution in [3.63, 3.8) is 0 Å². The molecule has 1 saturated carbocycles. The summed E-state index contributed by atoms with van der Waals surface area (Å²) in [7, 11) is 0. The standard InChI is InChI=1S/C18H25ClN2/c1-3-13-9-10-16(19)14(11-13)12-17-15-7-5-6-8-18(15)21(4-2)20-17/h5-8,13-14,16H,3-4,9-12H2,1-2H3. The van der Waals surface area contributed by atoms with Crippen LogP contribution in [0.3, 0.4) is 0 Å². The lowest BCUT2D eigenvalue weighted by molar-refractivity contribution is 0.263. The maximum Gasteiger partial charge on any atom is 0.0706 e. The molecule has 2 aromatic rings. The van der Waals surface area contributed by atoms with Gasteiger partial charge in [0.1, 0.15) is 0 Å². The first-order valence-electron chi connectivity index (χ1n) is 8.31. The quantitative estimate of drug-likeness (QED) is 0.724. The Morgan fingerprint density at radius 3 is 2.81 bits per heavy atom. The first kappa shape index (κ1) is 14.9. The van der Waals surface area contributed by atoms with Gasteiger partial charge in [-0.05, 0) is 50.5 Å². The van der Waals surface area contributed by atoms with Crippen LogP contribution < -0.4 is 0 Å². The van der Waals surface area contributed by atoms with Crippen LogP contribution in [0.5, 0.6) is 0 Å². The molecule has 0 amide bonds. The molecule has 1 fully saturated rings. The average Bonchev–Trinajstić information content (AvgIpc) is 2.88. The molecule has 0 saturated heterocycles. The molecular weight excluding hydrogens is 280 g/mol. The lowest BCUT2D eigenvalue weighted by Gasteiger charge is -2.32. The first-order valence-corrected chi connectivity index (χ1v) is 8.75. The van der Waals surface area contributed by atoms with Gasteiger partial charge in [0.2, 0.25) is 0 Å². The number of hydrogen-bond donors (Lipinski definition) is 0. The van der Waals surface area contributed by atoms with Gasteiger partial charge in [0.25, 0.3) is 0 Å². The zero-order valence-corrected chi connectivity index (χ0v) is 13.8. The Kier molecular flexibility index (Phi) is 4.54. The number of aryl methyl sites for hydroxylation is 1. The maximum atomic E-state index is 6.61. The van der Waals surface area contributed by atoms with Crippen LogP contribution >= 0.6 is 11.6 Å². The van der Waals surface area contributed by atoms with Crippen LogP contribution in [0.2, 0.25) is 0 Å². The molecule has 1 aromatic carbocycles. The number of hydrogen-bond acceptors (Lipinski definition) is 1. The maximum absolute atomic E-state index is 6.61. The molecule has 0 aliphatic heterocycles. The molecule has 2 nitrogen and oxygen atoms in total. The number of para-hydroxylation sites is 1. The lowest BCUT2D eigenvalue weighted by atomic mass is 9.78. The molecule has 1 aliphatic rings. The molecule has 3 rings (SSSR count). The van der Waals surface area contributed by atoms with Crippen LogP contribution in [0.4, 0.5) is 0 Å². The average molecular weight is 305 g/mol. The Bertz CT molecular complexity index is 604. The van der Waals surface area contributed by atoms with Gasteiger partial charge in [0.15, 0.2) is 0 Å². The van der Waals surface area contributed by atoms with Crippen molar-refractivity contribution in [3.8, 4) is 0 Å². The van der Waals surface area contributed by atoms with Gasteiger partial charge in [-0.25, -0.2) is 0 Å². The number of aromatic nitrogens is 2. The van der Waals surface area contributed by atoms with E-state index in [2.05, 4.69) is 42.8 Å². The number of halogens is 1. The first-order chi connectivity index (χ1) is 10.2. The number of alkyl halides is 1. The number of rotatable bonds is 4. The third-order valence-electron chi connectivity index (χ3n) is 5.07. The van der Waals surface area contributed by atoms with Crippen molar-refractivity contribution in [1.82, 2.24) is 9.78 Å². The molecule has 3 atom stereocenters. The second-order valence-electron chi connectivity index (χ2n) is 6.35. The summed E-state index contributed by atoms with van der Waals surface area (Å²) >= 11 is 6.61. The zero-order chi connectivity index (χ0) is 14.8. The van der Waals surface area contributed by atoms with Crippen LogP contribution in [0.25, 0.3) is 10.9 Å². The van der Waals surface area contributed by atoms with Crippen molar-refractivity contribution in [1.29, 1.82) is 0 Å². The van der Waals surface area contributed by atoms with Crippen molar-refractivity contribution in [3.05, 3.63) is 30.0 Å². The highest BCUT2D eigenvalue weighted by Crippen LogP contribution is 2.37. The van der Waals surface area contributed by atoms with Crippen LogP contribution in [0.1, 0.15) is 45.2 Å². The molecular formula is C18H25ClN2. The van der Waals surface area contributed by atoms with Crippen molar-refractivity contribution < 1.29 is 0 Å². The molecule has 1 heterocycles. The van der Waals surface area contributed by atoms with E-state index in [9.17, 15) is 0 Å². The molecule has 3 heteroatoms. The van der Waals surface area contributed by atoms with E-state index in [0.29, 0.717) is 11.3 Å². The second-order valence-corrected chi connectivity index (χ2v) is 6.91. The summed E-state index contributed by atoms with van der Waals surface area (Å²) in [4.78, 5) is 0. The second kappa shape index (κ2) is 6.39. The minimum Gasteiger partial charge on any atom is -0.265 e. The summed E-state index contributed by atoms with van der Waals surface area (Å²) in [6, 6.07) is 8.58. The number of benzene rings is 1. The molecule has 0 spiro atoms. The van der Waals surface area contributed by atoms with Crippen molar-refractivity contribution in [2.24, 2.45) is 11.8 Å². The fraction of sp³-hybridized carbons (Fsp3) is 0.611. The summed E-state index contributed by atoms with van der Waals surface area (Å²) in [5, 5.41) is 6.47. The Balaban J connectivity index is 1.87. The van der Waals surface area contributed by atoms with Gasteiger partial charge in [-0.15, -0.1) is 11.6 Å². The highest BCUT2D eigenvalue weighted by molar-refractivity contribution is 6.20. The van der Waals surface area contributed by atoms with Gasteiger partial charge in [0, 0.05) is 17.3 Å². The van der Waals surface area contributed by atoms with E-state index in [1.54, 1.807) is 0 Å². The SMILES string of the molecule is CCC1CCC(Cl)C(Cc2nn(CC)c3ccccc23)C1. The van der Waals surface area contributed by atoms with E-state index in [4.69, 9.17) is 16.7 Å². The Morgan fingerprint density at radius 1 is 1.24 bits per heavy atom. The molecule has 1 aromatic heterocycles. The van der Waals surface area contributed by atoms with Crippen LogP contribution in [0, 0.1) is 11.8 Å². The summed E-state index contributed by atoms with van der Waals surface area (Å²) in [5.74, 6) is 1.43. The normalized spacial score (nSPS) is 26.3. The number of nitrogens with zero attached hydrogens (tertiary/aromatic N) is 2. The third kappa shape index (κ3) is 2.96. The zero-order valence-electron chi connectivity index (χ0n) is 13.1. The van der Waals surface area contributed by atoms with Gasteiger partial charge in [-0.2, -0.15) is 5.10 Å². The predicted molar refractivity (Wildman–Crippen MR) is 89.9 cm³/mol. The summed E-state index contributed by atoms with van der Waals surface area (Å²) in [5.41, 5.74) is 2.49. The topological polar surface area (TPSA) is 17.8 Å². The van der Waals surface area contributed by atoms with Crippen molar-refractivity contribution in [2.75, 3.05) is 0 Å². The molecule has 3 unspecified atom stereocenters. The largest absolute Gasteiger partial charge is 0.265 e. The fourth-order valence-electron chi connectivity index (χ4n) is 3.74. The van der Waals surface area contributed by atoms with Crippen LogP contribution in [-0.2, 0) is 13.0 Å². The van der Waals surface area contributed by atoms with Gasteiger partial charge < -0.3 is 0 Å². The van der Waals surface area contributed by atoms with Gasteiger partial charge in [0.05, 0.1) is 11.2 Å². The third-order valence-corrected chi connectivity index (χ3v) is 5.64. The summed E-state index contributed by atoms with van der Waals surface area (Å²) in [6.45, 7) is 5.38. The smallest absolute Gasteiger partial charge is 0.0706 e. The highest BCUT2D eigenvalue weighted by atomic mass is 35.5. The van der Waals surface area contributed by atoms with Crippen molar-refractivity contribution >= 4 is 22.5 Å².